The predicted octanol–water partition coefficient (Wildman–Crippen LogP) is 4.66. The van der Waals surface area contributed by atoms with E-state index in [0.29, 0.717) is 17.9 Å². The molecule has 1 N–H and O–H groups in total. The van der Waals surface area contributed by atoms with Crippen LogP contribution < -0.4 is 15.0 Å². The fourth-order valence-corrected chi connectivity index (χ4v) is 4.03. The van der Waals surface area contributed by atoms with E-state index in [4.69, 9.17) is 4.74 Å². The fraction of sp³-hybridized carbons (Fsp3) is 0.263. The second-order valence-electron chi connectivity index (χ2n) is 6.06. The fourth-order valence-electron chi connectivity index (χ4n) is 2.87. The normalized spacial score (nSPS) is 13.8. The molecule has 0 atom stereocenters. The topological polar surface area (TPSA) is 58.6 Å². The van der Waals surface area contributed by atoms with Gasteiger partial charge in [0.15, 0.2) is 6.61 Å². The van der Waals surface area contributed by atoms with Gasteiger partial charge in [0.2, 0.25) is 5.91 Å². The third-order valence-corrected chi connectivity index (χ3v) is 5.21. The molecule has 2 aromatic carbocycles. The Morgan fingerprint density at radius 3 is 2.69 bits per heavy atom. The molecular formula is C19H18Br2N2O3. The predicted molar refractivity (Wildman–Crippen MR) is 109 cm³/mol. The van der Waals surface area contributed by atoms with Crippen LogP contribution in [0.4, 0.5) is 11.4 Å². The lowest BCUT2D eigenvalue weighted by atomic mass is 10.1. The van der Waals surface area contributed by atoms with Crippen LogP contribution in [0.2, 0.25) is 0 Å². The van der Waals surface area contributed by atoms with Crippen molar-refractivity contribution in [2.24, 2.45) is 0 Å². The van der Waals surface area contributed by atoms with Crippen LogP contribution in [0.15, 0.2) is 45.3 Å². The summed E-state index contributed by atoms with van der Waals surface area (Å²) in [7, 11) is 0. The molecular weight excluding hydrogens is 464 g/mol. The zero-order valence-corrected chi connectivity index (χ0v) is 17.4. The molecule has 2 amide bonds. The highest BCUT2D eigenvalue weighted by Crippen LogP contribution is 2.29. The van der Waals surface area contributed by atoms with Gasteiger partial charge >= 0.3 is 0 Å². The molecule has 0 radical (unpaired) electrons. The van der Waals surface area contributed by atoms with Gasteiger partial charge in [0, 0.05) is 28.8 Å². The van der Waals surface area contributed by atoms with Crippen molar-refractivity contribution in [2.45, 2.75) is 19.8 Å². The van der Waals surface area contributed by atoms with Gasteiger partial charge in [-0.25, -0.2) is 0 Å². The average molecular weight is 482 g/mol. The van der Waals surface area contributed by atoms with Crippen LogP contribution in [0, 0.1) is 6.92 Å². The van der Waals surface area contributed by atoms with Gasteiger partial charge in [0.05, 0.1) is 4.47 Å². The first-order valence-corrected chi connectivity index (χ1v) is 9.81. The first-order chi connectivity index (χ1) is 12.4. The number of benzene rings is 2. The van der Waals surface area contributed by atoms with Crippen molar-refractivity contribution in [3.05, 3.63) is 50.9 Å². The smallest absolute Gasteiger partial charge is 0.262 e. The molecule has 7 heteroatoms. The van der Waals surface area contributed by atoms with Crippen LogP contribution in [0.5, 0.6) is 5.75 Å². The van der Waals surface area contributed by atoms with Gasteiger partial charge in [-0.15, -0.1) is 0 Å². The summed E-state index contributed by atoms with van der Waals surface area (Å²) in [5.41, 5.74) is 2.54. The number of nitrogens with one attached hydrogen (secondary N) is 1. The van der Waals surface area contributed by atoms with Gasteiger partial charge in [0.25, 0.3) is 5.91 Å². The number of hydrogen-bond donors (Lipinski definition) is 1. The maximum atomic E-state index is 12.1. The van der Waals surface area contributed by atoms with Crippen molar-refractivity contribution in [3.8, 4) is 5.75 Å². The quantitative estimate of drug-likeness (QED) is 0.675. The van der Waals surface area contributed by atoms with Crippen molar-refractivity contribution in [1.29, 1.82) is 0 Å². The molecule has 1 aliphatic heterocycles. The molecule has 0 bridgehead atoms. The highest BCUT2D eigenvalue weighted by Gasteiger charge is 2.23. The van der Waals surface area contributed by atoms with Crippen LogP contribution in [-0.2, 0) is 9.59 Å². The zero-order valence-electron chi connectivity index (χ0n) is 14.2. The summed E-state index contributed by atoms with van der Waals surface area (Å²) in [5.74, 6) is 0.505. The van der Waals surface area contributed by atoms with E-state index in [1.54, 1.807) is 17.0 Å². The van der Waals surface area contributed by atoms with E-state index < -0.39 is 0 Å². The molecule has 136 valence electrons. The van der Waals surface area contributed by atoms with Crippen molar-refractivity contribution in [1.82, 2.24) is 0 Å². The molecule has 2 aromatic rings. The zero-order chi connectivity index (χ0) is 18.7. The molecule has 0 spiro atoms. The maximum Gasteiger partial charge on any atom is 0.262 e. The van der Waals surface area contributed by atoms with E-state index >= 15 is 0 Å². The van der Waals surface area contributed by atoms with Gasteiger partial charge in [-0.05, 0) is 71.2 Å². The van der Waals surface area contributed by atoms with Crippen LogP contribution in [0.3, 0.4) is 0 Å². The number of rotatable bonds is 5. The lowest BCUT2D eigenvalue weighted by Gasteiger charge is -2.19. The number of anilines is 2. The number of nitrogens with zero attached hydrogens (tertiary/aromatic N) is 1. The van der Waals surface area contributed by atoms with Gasteiger partial charge < -0.3 is 15.0 Å². The SMILES string of the molecule is Cc1cc(NC(=O)COc2ccc(Br)cc2Br)ccc1N1CCCC1=O. The largest absolute Gasteiger partial charge is 0.483 e. The number of carbonyl (C=O) groups is 2. The Hall–Kier alpha value is -1.86. The van der Waals surface area contributed by atoms with Crippen LogP contribution in [-0.4, -0.2) is 25.0 Å². The van der Waals surface area contributed by atoms with Crippen molar-refractivity contribution in [3.63, 3.8) is 0 Å². The van der Waals surface area contributed by atoms with Crippen LogP contribution >= 0.6 is 31.9 Å². The molecule has 1 fully saturated rings. The van der Waals surface area contributed by atoms with Crippen LogP contribution in [0.25, 0.3) is 0 Å². The lowest BCUT2D eigenvalue weighted by Crippen LogP contribution is -2.24. The number of aryl methyl sites for hydroxylation is 1. The molecule has 1 aliphatic rings. The molecule has 1 saturated heterocycles. The second-order valence-corrected chi connectivity index (χ2v) is 7.83. The van der Waals surface area contributed by atoms with E-state index in [9.17, 15) is 9.59 Å². The third kappa shape index (κ3) is 4.45. The summed E-state index contributed by atoms with van der Waals surface area (Å²) in [6.45, 7) is 2.60. The Kier molecular flexibility index (Phi) is 5.98. The molecule has 5 nitrogen and oxygen atoms in total. The van der Waals surface area contributed by atoms with E-state index in [0.717, 1.165) is 33.2 Å². The van der Waals surface area contributed by atoms with Crippen LogP contribution in [0.1, 0.15) is 18.4 Å². The van der Waals surface area contributed by atoms with Crippen molar-refractivity contribution in [2.75, 3.05) is 23.4 Å². The Balaban J connectivity index is 1.60. The van der Waals surface area contributed by atoms with E-state index in [2.05, 4.69) is 37.2 Å². The monoisotopic (exact) mass is 480 g/mol. The Morgan fingerprint density at radius 2 is 2.04 bits per heavy atom. The minimum absolute atomic E-state index is 0.0916. The first-order valence-electron chi connectivity index (χ1n) is 8.23. The molecule has 26 heavy (non-hydrogen) atoms. The summed E-state index contributed by atoms with van der Waals surface area (Å²) in [5, 5.41) is 2.82. The number of ether oxygens (including phenoxy) is 1. The van der Waals surface area contributed by atoms with Gasteiger partial charge in [-0.1, -0.05) is 15.9 Å². The Morgan fingerprint density at radius 1 is 1.23 bits per heavy atom. The minimum Gasteiger partial charge on any atom is -0.483 e. The Bertz CT molecular complexity index is 855. The molecule has 1 heterocycles. The van der Waals surface area contributed by atoms with E-state index in [-0.39, 0.29) is 18.4 Å². The summed E-state index contributed by atoms with van der Waals surface area (Å²) in [4.78, 5) is 25.8. The molecule has 0 aliphatic carbocycles. The molecule has 0 aromatic heterocycles. The lowest BCUT2D eigenvalue weighted by molar-refractivity contribution is -0.118. The highest BCUT2D eigenvalue weighted by molar-refractivity contribution is 9.11. The van der Waals surface area contributed by atoms with E-state index in [1.807, 2.05) is 31.2 Å². The molecule has 0 unspecified atom stereocenters. The van der Waals surface area contributed by atoms with Gasteiger partial charge in [0.1, 0.15) is 5.75 Å². The number of carbonyl (C=O) groups excluding carboxylic acids is 2. The summed E-state index contributed by atoms with van der Waals surface area (Å²) >= 11 is 6.77. The average Bonchev–Trinajstić information content (AvgIpc) is 3.00. The first kappa shape index (κ1) is 18.9. The van der Waals surface area contributed by atoms with Crippen molar-refractivity contribution < 1.29 is 14.3 Å². The van der Waals surface area contributed by atoms with Gasteiger partial charge in [-0.2, -0.15) is 0 Å². The van der Waals surface area contributed by atoms with E-state index in [1.165, 1.54) is 0 Å². The number of amides is 2. The molecule has 0 saturated carbocycles. The standard InChI is InChI=1S/C19H18Br2N2O3/c1-12-9-14(5-6-16(12)23-8-2-3-19(23)25)22-18(24)11-26-17-7-4-13(20)10-15(17)21/h4-7,9-10H,2-3,8,11H2,1H3,(H,22,24). The summed E-state index contributed by atoms with van der Waals surface area (Å²) in [6.07, 6.45) is 1.49. The van der Waals surface area contributed by atoms with Crippen molar-refractivity contribution >= 4 is 55.0 Å². The maximum absolute atomic E-state index is 12.1. The Labute approximate surface area is 169 Å². The second kappa shape index (κ2) is 8.22. The highest BCUT2D eigenvalue weighted by atomic mass is 79.9. The minimum atomic E-state index is -0.246. The van der Waals surface area contributed by atoms with Gasteiger partial charge in [-0.3, -0.25) is 9.59 Å². The number of halogens is 2. The third-order valence-electron chi connectivity index (χ3n) is 4.10. The summed E-state index contributed by atoms with van der Waals surface area (Å²) < 4.78 is 7.24. The molecule has 3 rings (SSSR count). The number of hydrogen-bond acceptors (Lipinski definition) is 3. The summed E-state index contributed by atoms with van der Waals surface area (Å²) in [6, 6.07) is 11.0.